The van der Waals surface area contributed by atoms with E-state index in [1.807, 2.05) is 140 Å². The Morgan fingerprint density at radius 1 is 0.403 bits per heavy atom. The van der Waals surface area contributed by atoms with Crippen LogP contribution in [0.5, 0.6) is 0 Å². The Morgan fingerprint density at radius 3 is 1.14 bits per heavy atom. The number of nitrogens with zero attached hydrogens (tertiary/aromatic N) is 14. The van der Waals surface area contributed by atoms with Crippen LogP contribution in [-0.2, 0) is 50.1 Å². The van der Waals surface area contributed by atoms with Crippen LogP contribution in [0.25, 0.3) is 33.7 Å². The van der Waals surface area contributed by atoms with Gasteiger partial charge >= 0.3 is 0 Å². The minimum atomic E-state index is -0.659. The number of unbranched alkanes of at least 4 members (excludes halogenated alkanes) is 6. The molecule has 0 aliphatic carbocycles. The molecule has 3 aliphatic heterocycles. The van der Waals surface area contributed by atoms with Gasteiger partial charge in [-0.3, -0.25) is 47.9 Å². The number of aliphatic hydroxyl groups excluding tert-OH is 3. The molecule has 0 saturated carbocycles. The number of fused-ring (bicyclic) bond motifs is 5. The number of benzene rings is 8. The number of carbonyl (C=O) groups excluding carboxylic acids is 9. The molecule has 31 nitrogen and oxygen atoms in total. The number of carbonyl (C=O) groups is 9. The van der Waals surface area contributed by atoms with Crippen LogP contribution in [0.3, 0.4) is 0 Å². The summed E-state index contributed by atoms with van der Waals surface area (Å²) < 4.78 is 26.6. The molecule has 0 fully saturated rings. The second-order valence-electron chi connectivity index (χ2n) is 38.5. The number of hydrogen-bond acceptors (Lipinski definition) is 18. The van der Waals surface area contributed by atoms with Crippen molar-refractivity contribution in [3.8, 4) is 17.1 Å². The summed E-state index contributed by atoms with van der Waals surface area (Å²) in [7, 11) is 0. The molecule has 0 unspecified atom stereocenters. The quantitative estimate of drug-likeness (QED) is 0.0211. The van der Waals surface area contributed by atoms with Crippen LogP contribution in [0, 0.1) is 33.5 Å². The number of hydrogen-bond donors (Lipinski definition) is 6. The Morgan fingerprint density at radius 2 is 0.765 bits per heavy atom. The number of aliphatic hydroxyl groups is 3. The van der Waals surface area contributed by atoms with E-state index in [0.29, 0.717) is 140 Å². The van der Waals surface area contributed by atoms with Gasteiger partial charge in [-0.25, -0.2) is 23.4 Å². The molecule has 6 aromatic heterocycles. The third kappa shape index (κ3) is 25.4. The second kappa shape index (κ2) is 50.2. The van der Waals surface area contributed by atoms with Crippen molar-refractivity contribution in [3.05, 3.63) is 348 Å². The van der Waals surface area contributed by atoms with E-state index in [0.717, 1.165) is 122 Å². The maximum absolute atomic E-state index is 14.6. The number of pyridine rings is 1. The molecule has 9 amide bonds. The monoisotopic (exact) mass is 2020 g/mol. The third-order valence-electron chi connectivity index (χ3n) is 27.5. The van der Waals surface area contributed by atoms with Crippen molar-refractivity contribution in [2.24, 2.45) is 0 Å². The summed E-state index contributed by atoms with van der Waals surface area (Å²) in [6.07, 6.45) is 15.9. The molecule has 0 bridgehead atoms. The molecule has 9 heterocycles. The lowest BCUT2D eigenvalue weighted by Crippen LogP contribution is -2.46. The lowest BCUT2D eigenvalue weighted by Gasteiger charge is -2.36. The Kier molecular flexibility index (Phi) is 36.2. The molecular weight excluding hydrogens is 1890 g/mol. The van der Waals surface area contributed by atoms with E-state index >= 15 is 0 Å². The minimum Gasteiger partial charge on any atom is -0.451 e. The van der Waals surface area contributed by atoms with Gasteiger partial charge in [0.05, 0.1) is 83.5 Å². The lowest BCUT2D eigenvalue weighted by molar-refractivity contribution is -0.115. The first kappa shape index (κ1) is 108. The maximum atomic E-state index is 14.6. The molecule has 8 aromatic carbocycles. The number of amides is 9. The van der Waals surface area contributed by atoms with E-state index in [1.165, 1.54) is 6.07 Å². The highest BCUT2D eigenvalue weighted by Crippen LogP contribution is 2.36. The molecular formula is C117H132FN17O14. The molecule has 14 aromatic rings. The highest BCUT2D eigenvalue weighted by Gasteiger charge is 2.38. The summed E-state index contributed by atoms with van der Waals surface area (Å²) in [6, 6.07) is 60.3. The Balaban J connectivity index is 0.000000167. The molecule has 6 N–H and O–H groups in total. The normalized spacial score (nSPS) is 14.0. The fraction of sp³-hybridized carbons (Fsp3) is 0.350. The minimum absolute atomic E-state index is 0.138. The van der Waals surface area contributed by atoms with Crippen molar-refractivity contribution in [3.63, 3.8) is 0 Å². The molecule has 776 valence electrons. The summed E-state index contributed by atoms with van der Waals surface area (Å²) in [5, 5.41) is 54.2. The fourth-order valence-electron chi connectivity index (χ4n) is 19.2. The smallest absolute Gasteiger partial charge is 0.291 e. The Labute approximate surface area is 866 Å². The number of imidazole rings is 1. The molecule has 0 saturated heterocycles. The van der Waals surface area contributed by atoms with Crippen LogP contribution in [0.4, 0.5) is 21.5 Å². The second-order valence-corrected chi connectivity index (χ2v) is 38.5. The average molecular weight is 2020 g/mol. The summed E-state index contributed by atoms with van der Waals surface area (Å²) in [5.74, 6) is -3.66. The average Bonchev–Trinajstić information content (AvgIpc) is 1.74. The molecule has 149 heavy (non-hydrogen) atoms. The van der Waals surface area contributed by atoms with Crippen molar-refractivity contribution in [1.82, 2.24) is 68.1 Å². The van der Waals surface area contributed by atoms with Crippen molar-refractivity contribution in [2.75, 3.05) is 75.0 Å². The molecule has 17 rings (SSSR count). The topological polar surface area (TPSA) is 371 Å². The van der Waals surface area contributed by atoms with Gasteiger partial charge < -0.3 is 69.5 Å². The first-order chi connectivity index (χ1) is 72.1. The molecule has 0 spiro atoms. The van der Waals surface area contributed by atoms with Gasteiger partial charge in [0, 0.05) is 112 Å². The van der Waals surface area contributed by atoms with Gasteiger partial charge in [-0.15, -0.1) is 0 Å². The van der Waals surface area contributed by atoms with Crippen LogP contribution in [0.1, 0.15) is 264 Å². The Hall–Kier alpha value is -15.7. The number of nitrogens with one attached hydrogen (secondary N) is 3. The van der Waals surface area contributed by atoms with Crippen molar-refractivity contribution < 1.29 is 67.3 Å². The molecule has 3 aliphatic rings. The maximum Gasteiger partial charge on any atom is 0.291 e. The van der Waals surface area contributed by atoms with Gasteiger partial charge in [0.2, 0.25) is 5.91 Å². The van der Waals surface area contributed by atoms with Gasteiger partial charge in [-0.2, -0.15) is 15.3 Å². The van der Waals surface area contributed by atoms with Crippen LogP contribution in [-0.4, -0.2) is 214 Å². The lowest BCUT2D eigenvalue weighted by atomic mass is 9.93. The van der Waals surface area contributed by atoms with Crippen molar-refractivity contribution in [2.45, 2.75) is 210 Å². The first-order valence-electron chi connectivity index (χ1n) is 51.8. The number of anilines is 3. The zero-order valence-electron chi connectivity index (χ0n) is 86.4. The van der Waals surface area contributed by atoms with Gasteiger partial charge in [0.25, 0.3) is 47.3 Å². The standard InChI is InChI=1S/C41H45N5O6.C38H44FN5O4.C38H43N7O4/c1-5-7-17-44(18-8-6-2)41(51)34-20-27(4)46(43-34)35-15-14-30(42-39(49)38-23-36(48)33-19-26(3)13-16-37(33)52-38)22-32(35)40(50)45-24-29-12-10-9-11-28(29)21-31(45)25-47;1-4-6-18-42(19-7-5-2)38(48)34-20-26(3)44(41-34)35-17-16-30(40-36(46)22-28-13-10-11-15-33(28)39)23-32(35)37(47)43-24-29-14-9-8-12-27(29)21-31(43)25-45;1-4-6-17-42(18-7-5-2)38(49)32-20-26(3)45(41-32)34-16-15-29(39-36(47)33-24-43-19-11-10-14-35(43)40-33)22-31(34)37(48)44-23-28-13-9-8-12-27(28)21-30(44)25-46/h9-16,19-20,22-23,31,47H,5-8,17-18,21,24-25H2,1-4H3,(H,42,49);8-17,20,23,31,45H,4-7,18-19,21-22,24-25H2,1-3H3,(H,40,46);8-16,19-20,22,24,30,46H,4-7,17-18,21,23,25H2,1-3H3,(H,39,47)/t2*31-;30-/m000/s1. The predicted octanol–water partition coefficient (Wildman–Crippen LogP) is 18.2. The number of rotatable bonds is 37. The van der Waals surface area contributed by atoms with E-state index in [-0.39, 0.29) is 124 Å². The number of aryl methyl sites for hydroxylation is 4. The van der Waals surface area contributed by atoms with Crippen molar-refractivity contribution in [1.29, 1.82) is 0 Å². The van der Waals surface area contributed by atoms with E-state index in [2.05, 4.69) is 62.5 Å². The fourth-order valence-corrected chi connectivity index (χ4v) is 19.2. The molecule has 3 atom stereocenters. The Bertz CT molecular complexity index is 7220. The SMILES string of the molecule is CCCCN(CCCC)C(=O)c1cc(C)n(-c2ccc(NC(=O)Cc3ccccc3F)cc2C(=O)N2Cc3ccccc3C[C@H]2CO)n1.CCCCN(CCCC)C(=O)c1cc(C)n(-c2ccc(NC(=O)c3cc(=O)c4cc(C)ccc4o3)cc2C(=O)N2Cc3ccccc3C[C@H]2CO)n1.CCCCN(CCCC)C(=O)c1cc(C)n(-c2ccc(NC(=O)c3cn4ccccc4n3)cc2C(=O)N2Cc3ccccc3C[C@H]2CO)n1. The van der Waals surface area contributed by atoms with E-state index in [4.69, 9.17) is 19.7 Å². The number of aromatic nitrogens is 8. The zero-order valence-corrected chi connectivity index (χ0v) is 86.4. The van der Waals surface area contributed by atoms with Crippen LogP contribution in [0.2, 0.25) is 0 Å². The highest BCUT2D eigenvalue weighted by molar-refractivity contribution is 6.07. The summed E-state index contributed by atoms with van der Waals surface area (Å²) in [6.45, 7) is 24.1. The van der Waals surface area contributed by atoms with Gasteiger partial charge in [-0.05, 0) is 228 Å². The first-order valence-corrected chi connectivity index (χ1v) is 51.8. The van der Waals surface area contributed by atoms with Gasteiger partial charge in [-0.1, -0.05) is 189 Å². The van der Waals surface area contributed by atoms with Crippen LogP contribution < -0.4 is 21.4 Å². The van der Waals surface area contributed by atoms with E-state index in [1.54, 1.807) is 149 Å². The van der Waals surface area contributed by atoms with E-state index < -0.39 is 41.7 Å². The largest absolute Gasteiger partial charge is 0.451 e. The molecule has 32 heteroatoms. The highest BCUT2D eigenvalue weighted by atomic mass is 19.1. The third-order valence-corrected chi connectivity index (χ3v) is 27.5. The van der Waals surface area contributed by atoms with Crippen LogP contribution >= 0.6 is 0 Å². The predicted molar refractivity (Wildman–Crippen MR) is 572 cm³/mol. The van der Waals surface area contributed by atoms with Crippen LogP contribution in [0.15, 0.2) is 234 Å². The van der Waals surface area contributed by atoms with Gasteiger partial charge in [0.15, 0.2) is 28.3 Å². The summed E-state index contributed by atoms with van der Waals surface area (Å²) in [4.78, 5) is 152. The van der Waals surface area contributed by atoms with E-state index in [9.17, 15) is 67.7 Å². The zero-order chi connectivity index (χ0) is 106. The number of halogens is 1. The van der Waals surface area contributed by atoms with Gasteiger partial charge in [0.1, 0.15) is 22.7 Å². The van der Waals surface area contributed by atoms with Crippen molar-refractivity contribution >= 4 is 86.8 Å². The molecule has 0 radical (unpaired) electrons. The summed E-state index contributed by atoms with van der Waals surface area (Å²) >= 11 is 0. The summed E-state index contributed by atoms with van der Waals surface area (Å²) in [5.41, 5.74) is 14.2.